The minimum atomic E-state index is -0.533. The number of carbonyl (C=O) groups excluding carboxylic acids is 2. The number of hydrogen-bond donors (Lipinski definition) is 2. The topological polar surface area (TPSA) is 58.2 Å². The van der Waals surface area contributed by atoms with Crippen molar-refractivity contribution in [3.05, 3.63) is 93.6 Å². The van der Waals surface area contributed by atoms with Gasteiger partial charge in [0.2, 0.25) is 0 Å². The van der Waals surface area contributed by atoms with Crippen LogP contribution in [0.15, 0.2) is 71.7 Å². The van der Waals surface area contributed by atoms with Crippen LogP contribution in [0.5, 0.6) is 0 Å². The standard InChI is InChI=1S/C21H17FN2O2S/c1-14-7-9-15(10-8-14)20(25)24-19(13-18-6-3-11-27-18)21(26)23-17-5-2-4-16(22)12-17/h2-13H,1H3,(H,23,26)(H,24,25)/b19-13-. The highest BCUT2D eigenvalue weighted by atomic mass is 32.1. The van der Waals surface area contributed by atoms with Gasteiger partial charge in [-0.3, -0.25) is 9.59 Å². The number of benzene rings is 2. The summed E-state index contributed by atoms with van der Waals surface area (Å²) in [6, 6.07) is 16.3. The molecular formula is C21H17FN2O2S. The summed E-state index contributed by atoms with van der Waals surface area (Å²) < 4.78 is 13.4. The Morgan fingerprint density at radius 2 is 1.81 bits per heavy atom. The summed E-state index contributed by atoms with van der Waals surface area (Å²) in [5.74, 6) is -1.39. The van der Waals surface area contributed by atoms with E-state index in [9.17, 15) is 14.0 Å². The molecule has 0 aliphatic heterocycles. The molecule has 0 aliphatic rings. The number of thiophene rings is 1. The lowest BCUT2D eigenvalue weighted by atomic mass is 10.1. The molecule has 1 aromatic heterocycles. The maximum absolute atomic E-state index is 13.4. The molecule has 6 heteroatoms. The third-order valence-electron chi connectivity index (χ3n) is 3.72. The molecule has 0 radical (unpaired) electrons. The zero-order valence-electron chi connectivity index (χ0n) is 14.5. The van der Waals surface area contributed by atoms with Gasteiger partial charge in [0.05, 0.1) is 0 Å². The van der Waals surface area contributed by atoms with Gasteiger partial charge in [0.25, 0.3) is 11.8 Å². The summed E-state index contributed by atoms with van der Waals surface area (Å²) in [5, 5.41) is 7.12. The van der Waals surface area contributed by atoms with E-state index in [1.54, 1.807) is 24.3 Å². The fraction of sp³-hybridized carbons (Fsp3) is 0.0476. The first-order valence-electron chi connectivity index (χ1n) is 8.21. The van der Waals surface area contributed by atoms with Gasteiger partial charge in [-0.25, -0.2) is 4.39 Å². The van der Waals surface area contributed by atoms with Crippen LogP contribution < -0.4 is 10.6 Å². The van der Waals surface area contributed by atoms with Crippen LogP contribution in [-0.2, 0) is 4.79 Å². The Morgan fingerprint density at radius 3 is 2.48 bits per heavy atom. The largest absolute Gasteiger partial charge is 0.321 e. The number of anilines is 1. The average molecular weight is 380 g/mol. The predicted molar refractivity (Wildman–Crippen MR) is 106 cm³/mol. The van der Waals surface area contributed by atoms with Gasteiger partial charge in [-0.2, -0.15) is 0 Å². The molecule has 2 N–H and O–H groups in total. The maximum atomic E-state index is 13.4. The van der Waals surface area contributed by atoms with E-state index in [1.807, 2.05) is 36.6 Å². The van der Waals surface area contributed by atoms with Crippen molar-refractivity contribution in [1.82, 2.24) is 5.32 Å². The zero-order valence-corrected chi connectivity index (χ0v) is 15.3. The van der Waals surface area contributed by atoms with E-state index >= 15 is 0 Å². The van der Waals surface area contributed by atoms with Crippen LogP contribution in [0.25, 0.3) is 6.08 Å². The van der Waals surface area contributed by atoms with Gasteiger partial charge in [0.15, 0.2) is 0 Å². The number of amides is 2. The molecule has 2 amide bonds. The maximum Gasteiger partial charge on any atom is 0.272 e. The number of nitrogens with one attached hydrogen (secondary N) is 2. The summed E-state index contributed by atoms with van der Waals surface area (Å²) >= 11 is 1.43. The van der Waals surface area contributed by atoms with Gasteiger partial charge in [-0.15, -0.1) is 11.3 Å². The highest BCUT2D eigenvalue weighted by Gasteiger charge is 2.15. The quantitative estimate of drug-likeness (QED) is 0.635. The summed E-state index contributed by atoms with van der Waals surface area (Å²) in [6.07, 6.45) is 1.59. The Labute approximate surface area is 160 Å². The minimum absolute atomic E-state index is 0.0762. The first-order chi connectivity index (χ1) is 13.0. The lowest BCUT2D eigenvalue weighted by Gasteiger charge is -2.11. The van der Waals surface area contributed by atoms with Crippen LogP contribution in [-0.4, -0.2) is 11.8 Å². The number of hydrogen-bond acceptors (Lipinski definition) is 3. The molecule has 0 atom stereocenters. The third kappa shape index (κ3) is 5.12. The molecule has 0 spiro atoms. The molecule has 0 bridgehead atoms. The van der Waals surface area contributed by atoms with Crippen LogP contribution in [0.3, 0.4) is 0 Å². The first-order valence-corrected chi connectivity index (χ1v) is 9.09. The molecular weight excluding hydrogens is 363 g/mol. The van der Waals surface area contributed by atoms with Crippen molar-refractivity contribution in [3.8, 4) is 0 Å². The molecule has 27 heavy (non-hydrogen) atoms. The molecule has 0 saturated heterocycles. The van der Waals surface area contributed by atoms with Crippen molar-refractivity contribution >= 4 is 34.9 Å². The highest BCUT2D eigenvalue weighted by molar-refractivity contribution is 7.10. The number of halogens is 1. The van der Waals surface area contributed by atoms with Gasteiger partial charge in [-0.1, -0.05) is 29.8 Å². The van der Waals surface area contributed by atoms with E-state index in [0.29, 0.717) is 11.3 Å². The molecule has 2 aromatic carbocycles. The van der Waals surface area contributed by atoms with E-state index in [0.717, 1.165) is 10.4 Å². The van der Waals surface area contributed by atoms with Gasteiger partial charge in [0, 0.05) is 16.1 Å². The minimum Gasteiger partial charge on any atom is -0.321 e. The SMILES string of the molecule is Cc1ccc(C(=O)N/C(=C\c2cccs2)C(=O)Nc2cccc(F)c2)cc1. The molecule has 1 heterocycles. The predicted octanol–water partition coefficient (Wildman–Crippen LogP) is 4.61. The van der Waals surface area contributed by atoms with Crippen molar-refractivity contribution < 1.29 is 14.0 Å². The van der Waals surface area contributed by atoms with Crippen LogP contribution in [0.2, 0.25) is 0 Å². The molecule has 0 saturated carbocycles. The third-order valence-corrected chi connectivity index (χ3v) is 4.54. The second kappa shape index (κ2) is 8.42. The second-order valence-electron chi connectivity index (χ2n) is 5.86. The number of carbonyl (C=O) groups is 2. The summed E-state index contributed by atoms with van der Waals surface area (Å²) in [6.45, 7) is 1.93. The number of aryl methyl sites for hydroxylation is 1. The van der Waals surface area contributed by atoms with Gasteiger partial charge < -0.3 is 10.6 Å². The summed E-state index contributed by atoms with van der Waals surface area (Å²) in [4.78, 5) is 26.0. The zero-order chi connectivity index (χ0) is 19.2. The normalized spacial score (nSPS) is 11.1. The van der Waals surface area contributed by atoms with E-state index in [4.69, 9.17) is 0 Å². The van der Waals surface area contributed by atoms with Crippen LogP contribution in [0, 0.1) is 12.7 Å². The average Bonchev–Trinajstić information content (AvgIpc) is 3.15. The molecule has 4 nitrogen and oxygen atoms in total. The Balaban J connectivity index is 1.83. The Kier molecular flexibility index (Phi) is 5.78. The fourth-order valence-corrected chi connectivity index (χ4v) is 3.00. The Morgan fingerprint density at radius 1 is 1.04 bits per heavy atom. The van der Waals surface area contributed by atoms with Crippen molar-refractivity contribution in [2.45, 2.75) is 6.92 Å². The Bertz CT molecular complexity index is 980. The van der Waals surface area contributed by atoms with Gasteiger partial charge >= 0.3 is 0 Å². The van der Waals surface area contributed by atoms with Crippen molar-refractivity contribution in [3.63, 3.8) is 0 Å². The smallest absolute Gasteiger partial charge is 0.272 e. The van der Waals surface area contributed by atoms with Crippen LogP contribution >= 0.6 is 11.3 Å². The molecule has 0 fully saturated rings. The van der Waals surface area contributed by atoms with E-state index in [-0.39, 0.29) is 5.70 Å². The molecule has 0 aliphatic carbocycles. The molecule has 3 aromatic rings. The number of rotatable bonds is 5. The van der Waals surface area contributed by atoms with Crippen LogP contribution in [0.1, 0.15) is 20.8 Å². The lowest BCUT2D eigenvalue weighted by molar-refractivity contribution is -0.113. The van der Waals surface area contributed by atoms with Gasteiger partial charge in [-0.05, 0) is 54.8 Å². The molecule has 136 valence electrons. The van der Waals surface area contributed by atoms with Crippen LogP contribution in [0.4, 0.5) is 10.1 Å². The highest BCUT2D eigenvalue weighted by Crippen LogP contribution is 2.15. The van der Waals surface area contributed by atoms with E-state index in [2.05, 4.69) is 10.6 Å². The van der Waals surface area contributed by atoms with E-state index in [1.165, 1.54) is 29.5 Å². The monoisotopic (exact) mass is 380 g/mol. The first kappa shape index (κ1) is 18.5. The van der Waals surface area contributed by atoms with Crippen molar-refractivity contribution in [2.24, 2.45) is 0 Å². The van der Waals surface area contributed by atoms with Gasteiger partial charge in [0.1, 0.15) is 11.5 Å². The molecule has 3 rings (SSSR count). The van der Waals surface area contributed by atoms with Crippen molar-refractivity contribution in [1.29, 1.82) is 0 Å². The summed E-state index contributed by atoms with van der Waals surface area (Å²) in [5.41, 5.74) is 1.86. The van der Waals surface area contributed by atoms with E-state index < -0.39 is 17.6 Å². The Hall–Kier alpha value is -3.25. The lowest BCUT2D eigenvalue weighted by Crippen LogP contribution is -2.30. The molecule has 0 unspecified atom stereocenters. The fourth-order valence-electron chi connectivity index (χ4n) is 2.34. The second-order valence-corrected chi connectivity index (χ2v) is 6.84. The van der Waals surface area contributed by atoms with Crippen molar-refractivity contribution in [2.75, 3.05) is 5.32 Å². The summed E-state index contributed by atoms with van der Waals surface area (Å²) in [7, 11) is 0.